The van der Waals surface area contributed by atoms with Crippen molar-refractivity contribution in [2.75, 3.05) is 13.2 Å². The third kappa shape index (κ3) is 3.57. The van der Waals surface area contributed by atoms with E-state index in [1.807, 2.05) is 0 Å². The first-order valence-corrected chi connectivity index (χ1v) is 4.94. The van der Waals surface area contributed by atoms with Crippen LogP contribution in [0, 0.1) is 11.6 Å². The second-order valence-electron chi connectivity index (χ2n) is 3.42. The lowest BCUT2D eigenvalue weighted by molar-refractivity contribution is 0.283. The van der Waals surface area contributed by atoms with Crippen LogP contribution in [0.25, 0.3) is 0 Å². The Labute approximate surface area is 87.9 Å². The summed E-state index contributed by atoms with van der Waals surface area (Å²) in [5.41, 5.74) is 0.439. The molecule has 0 radical (unpaired) electrons. The molecule has 2 nitrogen and oxygen atoms in total. The number of aliphatic hydroxyl groups excluding tert-OH is 1. The fraction of sp³-hybridized carbons (Fsp3) is 0.455. The van der Waals surface area contributed by atoms with Crippen molar-refractivity contribution < 1.29 is 13.9 Å². The van der Waals surface area contributed by atoms with Crippen LogP contribution in [0.2, 0.25) is 0 Å². The predicted molar refractivity (Wildman–Crippen MR) is 54.5 cm³/mol. The molecule has 0 saturated carbocycles. The van der Waals surface area contributed by atoms with Crippen molar-refractivity contribution in [2.24, 2.45) is 0 Å². The lowest BCUT2D eigenvalue weighted by Crippen LogP contribution is -2.21. The first-order chi connectivity index (χ1) is 7.15. The first-order valence-electron chi connectivity index (χ1n) is 4.94. The van der Waals surface area contributed by atoms with Gasteiger partial charge in [-0.2, -0.15) is 0 Å². The number of nitrogens with one attached hydrogen (secondary N) is 1. The monoisotopic (exact) mass is 215 g/mol. The standard InChI is InChI=1S/C11H15F2NO/c1-8(14-5-2-6-15)10-4-3-9(12)7-11(10)13/h3-4,7-8,14-15H,2,5-6H2,1H3/t8-/m0/s1. The van der Waals surface area contributed by atoms with Crippen molar-refractivity contribution in [3.8, 4) is 0 Å². The van der Waals surface area contributed by atoms with E-state index in [1.165, 1.54) is 12.1 Å². The molecule has 0 bridgehead atoms. The van der Waals surface area contributed by atoms with Gasteiger partial charge < -0.3 is 10.4 Å². The van der Waals surface area contributed by atoms with Crippen molar-refractivity contribution >= 4 is 0 Å². The van der Waals surface area contributed by atoms with Crippen LogP contribution in [0.3, 0.4) is 0 Å². The fourth-order valence-corrected chi connectivity index (χ4v) is 1.36. The van der Waals surface area contributed by atoms with Gasteiger partial charge in [0.25, 0.3) is 0 Å². The third-order valence-corrected chi connectivity index (χ3v) is 2.21. The lowest BCUT2D eigenvalue weighted by atomic mass is 10.1. The van der Waals surface area contributed by atoms with E-state index in [9.17, 15) is 8.78 Å². The molecule has 0 aliphatic carbocycles. The maximum Gasteiger partial charge on any atom is 0.130 e. The molecule has 0 spiro atoms. The molecule has 0 aliphatic heterocycles. The Balaban J connectivity index is 2.61. The van der Waals surface area contributed by atoms with Crippen LogP contribution in [0.5, 0.6) is 0 Å². The summed E-state index contributed by atoms with van der Waals surface area (Å²) in [4.78, 5) is 0. The summed E-state index contributed by atoms with van der Waals surface area (Å²) in [6.07, 6.45) is 0.618. The Kier molecular flexibility index (Phi) is 4.65. The molecule has 15 heavy (non-hydrogen) atoms. The summed E-state index contributed by atoms with van der Waals surface area (Å²) in [6, 6.07) is 3.36. The molecule has 0 aromatic heterocycles. The Bertz CT molecular complexity index is 317. The van der Waals surface area contributed by atoms with Crippen molar-refractivity contribution in [3.05, 3.63) is 35.4 Å². The Hall–Kier alpha value is -1.00. The molecule has 1 aromatic rings. The van der Waals surface area contributed by atoms with E-state index in [0.29, 0.717) is 18.5 Å². The van der Waals surface area contributed by atoms with Gasteiger partial charge in [0, 0.05) is 24.3 Å². The largest absolute Gasteiger partial charge is 0.396 e. The number of halogens is 2. The van der Waals surface area contributed by atoms with Crippen molar-refractivity contribution in [1.82, 2.24) is 5.32 Å². The van der Waals surface area contributed by atoms with Gasteiger partial charge in [0.05, 0.1) is 0 Å². The van der Waals surface area contributed by atoms with Gasteiger partial charge in [-0.05, 0) is 26.0 Å². The smallest absolute Gasteiger partial charge is 0.130 e. The number of hydrogen-bond acceptors (Lipinski definition) is 2. The van der Waals surface area contributed by atoms with Crippen LogP contribution >= 0.6 is 0 Å². The summed E-state index contributed by atoms with van der Waals surface area (Å²) in [7, 11) is 0. The predicted octanol–water partition coefficient (Wildman–Crippen LogP) is 2.00. The van der Waals surface area contributed by atoms with Crippen molar-refractivity contribution in [1.29, 1.82) is 0 Å². The maximum absolute atomic E-state index is 13.3. The zero-order chi connectivity index (χ0) is 11.3. The molecule has 84 valence electrons. The second-order valence-corrected chi connectivity index (χ2v) is 3.42. The zero-order valence-corrected chi connectivity index (χ0v) is 8.63. The minimum absolute atomic E-state index is 0.103. The molecular formula is C11H15F2NO. The molecule has 1 rings (SSSR count). The molecule has 2 N–H and O–H groups in total. The van der Waals surface area contributed by atoms with Crippen LogP contribution in [-0.2, 0) is 0 Å². The van der Waals surface area contributed by atoms with E-state index in [1.54, 1.807) is 6.92 Å². The van der Waals surface area contributed by atoms with Gasteiger partial charge in [0.1, 0.15) is 11.6 Å². The van der Waals surface area contributed by atoms with E-state index < -0.39 is 11.6 Å². The van der Waals surface area contributed by atoms with Crippen molar-refractivity contribution in [2.45, 2.75) is 19.4 Å². The number of hydrogen-bond donors (Lipinski definition) is 2. The van der Waals surface area contributed by atoms with Gasteiger partial charge in [-0.15, -0.1) is 0 Å². The second kappa shape index (κ2) is 5.78. The third-order valence-electron chi connectivity index (χ3n) is 2.21. The average Bonchev–Trinajstić information content (AvgIpc) is 2.17. The highest BCUT2D eigenvalue weighted by Crippen LogP contribution is 2.17. The molecule has 1 atom stereocenters. The van der Waals surface area contributed by atoms with Crippen LogP contribution in [-0.4, -0.2) is 18.3 Å². The highest BCUT2D eigenvalue weighted by molar-refractivity contribution is 5.21. The number of rotatable bonds is 5. The van der Waals surface area contributed by atoms with E-state index in [-0.39, 0.29) is 12.6 Å². The summed E-state index contributed by atoms with van der Waals surface area (Å²) < 4.78 is 25.9. The minimum atomic E-state index is -0.571. The molecule has 0 aliphatic rings. The molecule has 0 heterocycles. The summed E-state index contributed by atoms with van der Waals surface area (Å²) in [6.45, 7) is 2.51. The van der Waals surface area contributed by atoms with Crippen LogP contribution in [0.1, 0.15) is 24.9 Å². The van der Waals surface area contributed by atoms with E-state index in [4.69, 9.17) is 5.11 Å². The van der Waals surface area contributed by atoms with Crippen LogP contribution in [0.4, 0.5) is 8.78 Å². The summed E-state index contributed by atoms with van der Waals surface area (Å²) >= 11 is 0. The van der Waals surface area contributed by atoms with Crippen LogP contribution < -0.4 is 5.32 Å². The van der Waals surface area contributed by atoms with Gasteiger partial charge in [-0.3, -0.25) is 0 Å². The highest BCUT2D eigenvalue weighted by Gasteiger charge is 2.10. The van der Waals surface area contributed by atoms with Gasteiger partial charge in [0.15, 0.2) is 0 Å². The Morgan fingerprint density at radius 3 is 2.73 bits per heavy atom. The number of benzene rings is 1. The lowest BCUT2D eigenvalue weighted by Gasteiger charge is -2.14. The van der Waals surface area contributed by atoms with Gasteiger partial charge in [-0.25, -0.2) is 8.78 Å². The molecular weight excluding hydrogens is 200 g/mol. The maximum atomic E-state index is 13.3. The van der Waals surface area contributed by atoms with Gasteiger partial charge >= 0.3 is 0 Å². The van der Waals surface area contributed by atoms with E-state index >= 15 is 0 Å². The fourth-order valence-electron chi connectivity index (χ4n) is 1.36. The summed E-state index contributed by atoms with van der Waals surface area (Å²) in [5.74, 6) is -1.11. The minimum Gasteiger partial charge on any atom is -0.396 e. The van der Waals surface area contributed by atoms with E-state index in [2.05, 4.69) is 5.32 Å². The Morgan fingerprint density at radius 1 is 1.40 bits per heavy atom. The average molecular weight is 215 g/mol. The molecule has 0 amide bonds. The molecule has 1 aromatic carbocycles. The van der Waals surface area contributed by atoms with Crippen LogP contribution in [0.15, 0.2) is 18.2 Å². The zero-order valence-electron chi connectivity index (χ0n) is 8.63. The first kappa shape index (κ1) is 12.1. The molecule has 0 saturated heterocycles. The van der Waals surface area contributed by atoms with Crippen molar-refractivity contribution in [3.63, 3.8) is 0 Å². The quantitative estimate of drug-likeness (QED) is 0.736. The van der Waals surface area contributed by atoms with Gasteiger partial charge in [0.2, 0.25) is 0 Å². The molecule has 0 unspecified atom stereocenters. The van der Waals surface area contributed by atoms with Gasteiger partial charge in [-0.1, -0.05) is 6.07 Å². The molecule has 0 fully saturated rings. The SMILES string of the molecule is C[C@H](NCCCO)c1ccc(F)cc1F. The highest BCUT2D eigenvalue weighted by atomic mass is 19.1. The normalized spacial score (nSPS) is 12.8. The topological polar surface area (TPSA) is 32.3 Å². The molecule has 4 heteroatoms. The Morgan fingerprint density at radius 2 is 2.13 bits per heavy atom. The summed E-state index contributed by atoms with van der Waals surface area (Å²) in [5, 5.41) is 11.6. The number of aliphatic hydroxyl groups is 1. The van der Waals surface area contributed by atoms with E-state index in [0.717, 1.165) is 6.07 Å².